The van der Waals surface area contributed by atoms with Crippen molar-refractivity contribution in [2.45, 2.75) is 40.4 Å². The van der Waals surface area contributed by atoms with Crippen molar-refractivity contribution in [2.24, 2.45) is 11.8 Å². The van der Waals surface area contributed by atoms with Crippen molar-refractivity contribution in [2.75, 3.05) is 0 Å². The van der Waals surface area contributed by atoms with Crippen LogP contribution in [0, 0.1) is 11.8 Å². The third-order valence-corrected chi connectivity index (χ3v) is 5.69. The lowest BCUT2D eigenvalue weighted by molar-refractivity contribution is 0.637. The Hall–Kier alpha value is -3.13. The summed E-state index contributed by atoms with van der Waals surface area (Å²) < 4.78 is 44.0. The highest BCUT2D eigenvalue weighted by molar-refractivity contribution is 6.12. The first-order valence-corrected chi connectivity index (χ1v) is 10.9. The standard InChI is InChI=1S/C29H30N2/c1-19(2)16-21-10-9-11-22(17-20(3)4)28(21)27-18-30-29-25-14-6-5-12-23(25)24-13-7-8-15-26(24)31(27)29/h5-15,18-20H,16-17H2,1-4H3/i1D3,16D,17D. The maximum absolute atomic E-state index is 9.01. The van der Waals surface area contributed by atoms with Gasteiger partial charge in [0, 0.05) is 23.2 Å². The van der Waals surface area contributed by atoms with E-state index in [0.717, 1.165) is 44.1 Å². The highest BCUT2D eigenvalue weighted by Crippen LogP contribution is 2.36. The fourth-order valence-electron chi connectivity index (χ4n) is 4.56. The Bertz CT molecular complexity index is 1570. The summed E-state index contributed by atoms with van der Waals surface area (Å²) in [6, 6.07) is 22.0. The van der Waals surface area contributed by atoms with Gasteiger partial charge in [0.1, 0.15) is 5.65 Å². The number of para-hydroxylation sites is 1. The van der Waals surface area contributed by atoms with Crippen molar-refractivity contribution in [3.05, 3.63) is 84.1 Å². The molecule has 3 unspecified atom stereocenters. The Kier molecular flexibility index (Phi) is 3.75. The summed E-state index contributed by atoms with van der Waals surface area (Å²) in [6.45, 7) is 3.36. The molecule has 0 aliphatic carbocycles. The lowest BCUT2D eigenvalue weighted by Crippen LogP contribution is -2.05. The van der Waals surface area contributed by atoms with E-state index in [1.54, 1.807) is 6.92 Å². The Morgan fingerprint density at radius 2 is 1.45 bits per heavy atom. The fourth-order valence-corrected chi connectivity index (χ4v) is 4.56. The quantitative estimate of drug-likeness (QED) is 0.271. The van der Waals surface area contributed by atoms with Gasteiger partial charge in [-0.15, -0.1) is 0 Å². The van der Waals surface area contributed by atoms with Crippen LogP contribution in [0.4, 0.5) is 0 Å². The molecule has 0 saturated heterocycles. The third kappa shape index (κ3) is 3.40. The van der Waals surface area contributed by atoms with Crippen molar-refractivity contribution in [1.82, 2.24) is 9.38 Å². The van der Waals surface area contributed by atoms with Gasteiger partial charge in [-0.05, 0) is 47.2 Å². The van der Waals surface area contributed by atoms with E-state index in [0.29, 0.717) is 5.56 Å². The van der Waals surface area contributed by atoms with E-state index in [-0.39, 0.29) is 5.92 Å². The Balaban J connectivity index is 1.91. The number of nitrogens with zero attached hydrogens (tertiary/aromatic N) is 2. The van der Waals surface area contributed by atoms with Gasteiger partial charge >= 0.3 is 0 Å². The van der Waals surface area contributed by atoms with Crippen LogP contribution < -0.4 is 0 Å². The number of benzene rings is 3. The van der Waals surface area contributed by atoms with Crippen molar-refractivity contribution in [3.8, 4) is 11.3 Å². The normalized spacial score (nSPS) is 17.7. The van der Waals surface area contributed by atoms with Gasteiger partial charge in [-0.3, -0.25) is 4.40 Å². The van der Waals surface area contributed by atoms with Crippen LogP contribution in [-0.4, -0.2) is 9.38 Å². The maximum Gasteiger partial charge on any atom is 0.145 e. The summed E-state index contributed by atoms with van der Waals surface area (Å²) in [6.07, 6.45) is 0.299. The SMILES string of the molecule is [2H]C(c1cccc(C([2H])C(C)C([2H])([2H])[2H])c1-c1cnc2c3ccccc3c3ccccc3n12)C(C)C. The van der Waals surface area contributed by atoms with Crippen LogP contribution in [0.1, 0.15) is 45.6 Å². The number of pyridine rings is 1. The van der Waals surface area contributed by atoms with E-state index >= 15 is 0 Å². The van der Waals surface area contributed by atoms with Crippen LogP contribution in [0.25, 0.3) is 38.6 Å². The van der Waals surface area contributed by atoms with Gasteiger partial charge in [0.05, 0.1) is 17.4 Å². The average Bonchev–Trinajstić information content (AvgIpc) is 3.31. The van der Waals surface area contributed by atoms with Crippen molar-refractivity contribution in [3.63, 3.8) is 0 Å². The van der Waals surface area contributed by atoms with Crippen molar-refractivity contribution < 1.29 is 6.85 Å². The van der Waals surface area contributed by atoms with E-state index in [9.17, 15) is 0 Å². The molecule has 3 atom stereocenters. The molecule has 2 heterocycles. The number of hydrogen-bond donors (Lipinski definition) is 0. The van der Waals surface area contributed by atoms with Gasteiger partial charge in [-0.25, -0.2) is 4.98 Å². The second kappa shape index (κ2) is 7.85. The number of aromatic nitrogens is 2. The molecule has 0 aliphatic rings. The van der Waals surface area contributed by atoms with E-state index in [1.807, 2.05) is 62.5 Å². The van der Waals surface area contributed by atoms with E-state index in [2.05, 4.69) is 28.7 Å². The minimum Gasteiger partial charge on any atom is -0.292 e. The summed E-state index contributed by atoms with van der Waals surface area (Å²) in [7, 11) is 0. The minimum atomic E-state index is -2.26. The Morgan fingerprint density at radius 1 is 0.806 bits per heavy atom. The van der Waals surface area contributed by atoms with Crippen LogP contribution in [0.3, 0.4) is 0 Å². The second-order valence-electron chi connectivity index (χ2n) is 8.54. The fraction of sp³-hybridized carbons (Fsp3) is 0.276. The number of rotatable bonds is 5. The summed E-state index contributed by atoms with van der Waals surface area (Å²) in [4.78, 5) is 4.84. The molecule has 2 aromatic heterocycles. The summed E-state index contributed by atoms with van der Waals surface area (Å²) in [5, 5.41) is 3.22. The van der Waals surface area contributed by atoms with Gasteiger partial charge in [0.2, 0.25) is 0 Å². The molecule has 5 rings (SSSR count). The first-order chi connectivity index (χ1) is 17.1. The lowest BCUT2D eigenvalue weighted by atomic mass is 9.89. The number of imidazole rings is 1. The molecule has 31 heavy (non-hydrogen) atoms. The molecule has 3 aromatic carbocycles. The van der Waals surface area contributed by atoms with Gasteiger partial charge in [0.25, 0.3) is 0 Å². The van der Waals surface area contributed by atoms with Crippen molar-refractivity contribution >= 4 is 27.3 Å². The van der Waals surface area contributed by atoms with Crippen LogP contribution >= 0.6 is 0 Å². The van der Waals surface area contributed by atoms with Crippen molar-refractivity contribution in [1.29, 1.82) is 0 Å². The summed E-state index contributed by atoms with van der Waals surface area (Å²) >= 11 is 0. The van der Waals surface area contributed by atoms with Crippen LogP contribution in [0.2, 0.25) is 0 Å². The molecule has 0 amide bonds. The molecule has 156 valence electrons. The first kappa shape index (κ1) is 14.8. The first-order valence-electron chi connectivity index (χ1n) is 13.5. The Morgan fingerprint density at radius 3 is 2.16 bits per heavy atom. The highest BCUT2D eigenvalue weighted by atomic mass is 15.0. The molecule has 0 radical (unpaired) electrons. The van der Waals surface area contributed by atoms with E-state index < -0.39 is 25.6 Å². The predicted molar refractivity (Wildman–Crippen MR) is 133 cm³/mol. The van der Waals surface area contributed by atoms with Gasteiger partial charge in [0.15, 0.2) is 0 Å². The molecule has 2 nitrogen and oxygen atoms in total. The number of hydrogen-bond acceptors (Lipinski definition) is 1. The molecule has 0 spiro atoms. The lowest BCUT2D eigenvalue weighted by Gasteiger charge is -2.19. The molecular weight excluding hydrogens is 376 g/mol. The minimum absolute atomic E-state index is 0.0417. The summed E-state index contributed by atoms with van der Waals surface area (Å²) in [5.41, 5.74) is 4.72. The summed E-state index contributed by atoms with van der Waals surface area (Å²) in [5.74, 6) is -0.827. The maximum atomic E-state index is 9.01. The highest BCUT2D eigenvalue weighted by Gasteiger charge is 2.19. The number of fused-ring (bicyclic) bond motifs is 6. The zero-order valence-electron chi connectivity index (χ0n) is 23.1. The zero-order valence-corrected chi connectivity index (χ0v) is 18.1. The Labute approximate surface area is 191 Å². The largest absolute Gasteiger partial charge is 0.292 e. The van der Waals surface area contributed by atoms with E-state index in [1.165, 1.54) is 0 Å². The van der Waals surface area contributed by atoms with Crippen LogP contribution in [0.15, 0.2) is 72.9 Å². The molecule has 0 saturated carbocycles. The molecule has 0 aliphatic heterocycles. The van der Waals surface area contributed by atoms with Crippen LogP contribution in [-0.2, 0) is 12.8 Å². The van der Waals surface area contributed by atoms with Gasteiger partial charge < -0.3 is 0 Å². The smallest absolute Gasteiger partial charge is 0.145 e. The molecule has 5 aromatic rings. The molecule has 0 N–H and O–H groups in total. The molecule has 0 fully saturated rings. The monoisotopic (exact) mass is 411 g/mol. The second-order valence-corrected chi connectivity index (χ2v) is 8.54. The zero-order chi connectivity index (χ0) is 25.8. The molecule has 2 heteroatoms. The molecular formula is C29H30N2. The van der Waals surface area contributed by atoms with Gasteiger partial charge in [-0.1, -0.05) is 88.3 Å². The van der Waals surface area contributed by atoms with Gasteiger partial charge in [-0.2, -0.15) is 0 Å². The predicted octanol–water partition coefficient (Wildman–Crippen LogP) is 7.70. The molecule has 0 bridgehead atoms. The van der Waals surface area contributed by atoms with Crippen LogP contribution in [0.5, 0.6) is 0 Å². The average molecular weight is 412 g/mol. The topological polar surface area (TPSA) is 17.3 Å². The van der Waals surface area contributed by atoms with E-state index in [4.69, 9.17) is 11.8 Å². The third-order valence-electron chi connectivity index (χ3n) is 5.69.